The van der Waals surface area contributed by atoms with Gasteiger partial charge in [0.2, 0.25) is 5.91 Å². The second-order valence-electron chi connectivity index (χ2n) is 3.38. The van der Waals surface area contributed by atoms with E-state index in [9.17, 15) is 4.79 Å². The van der Waals surface area contributed by atoms with E-state index in [4.69, 9.17) is 5.73 Å². The van der Waals surface area contributed by atoms with Crippen LogP contribution in [0.1, 0.15) is 18.9 Å². The Kier molecular flexibility index (Phi) is 7.29. The van der Waals surface area contributed by atoms with Crippen LogP contribution in [0, 0.1) is 0 Å². The van der Waals surface area contributed by atoms with Crippen LogP contribution in [0.3, 0.4) is 0 Å². The van der Waals surface area contributed by atoms with Crippen molar-refractivity contribution in [3.05, 3.63) is 16.6 Å². The molecule has 0 saturated heterocycles. The van der Waals surface area contributed by atoms with Crippen molar-refractivity contribution >= 4 is 29.7 Å². The van der Waals surface area contributed by atoms with E-state index in [1.807, 2.05) is 12.3 Å². The van der Waals surface area contributed by atoms with E-state index in [1.165, 1.54) is 0 Å². The number of carbonyl (C=O) groups is 1. The van der Waals surface area contributed by atoms with Crippen LogP contribution in [0.2, 0.25) is 0 Å². The summed E-state index contributed by atoms with van der Waals surface area (Å²) in [5, 5.41) is 3.00. The summed E-state index contributed by atoms with van der Waals surface area (Å²) in [6, 6.07) is -0.416. The molecule has 0 bridgehead atoms. The number of nitrogens with zero attached hydrogens (tertiary/aromatic N) is 2. The molecule has 0 aliphatic carbocycles. The zero-order valence-corrected chi connectivity index (χ0v) is 11.2. The van der Waals surface area contributed by atoms with Crippen molar-refractivity contribution in [1.82, 2.24) is 9.88 Å². The fraction of sp³-hybridized carbons (Fsp3) is 0.600. The first kappa shape index (κ1) is 15.3. The molecule has 1 unspecified atom stereocenters. The maximum Gasteiger partial charge on any atom is 0.239 e. The molecular formula is C10H18ClN3OS. The standard InChI is InChI=1S/C10H17N3OS.ClH/c1-3-13(10(14)8(2)11)6-4-9-12-5-7-15-9;/h5,7-8H,3-4,6,11H2,1-2H3;1H. The summed E-state index contributed by atoms with van der Waals surface area (Å²) in [5.41, 5.74) is 5.56. The van der Waals surface area contributed by atoms with Crippen molar-refractivity contribution in [3.8, 4) is 0 Å². The molecular weight excluding hydrogens is 246 g/mol. The number of likely N-dealkylation sites (N-methyl/N-ethyl adjacent to an activating group) is 1. The van der Waals surface area contributed by atoms with E-state index < -0.39 is 6.04 Å². The Balaban J connectivity index is 0.00000225. The van der Waals surface area contributed by atoms with Gasteiger partial charge in [0.1, 0.15) is 0 Å². The van der Waals surface area contributed by atoms with Crippen LogP contribution < -0.4 is 5.73 Å². The monoisotopic (exact) mass is 263 g/mol. The molecule has 0 aliphatic heterocycles. The number of hydrogen-bond donors (Lipinski definition) is 1. The van der Waals surface area contributed by atoms with Crippen molar-refractivity contribution in [2.24, 2.45) is 5.73 Å². The molecule has 0 radical (unpaired) electrons. The second-order valence-corrected chi connectivity index (χ2v) is 4.36. The summed E-state index contributed by atoms with van der Waals surface area (Å²) < 4.78 is 0. The predicted octanol–water partition coefficient (Wildman–Crippen LogP) is 1.30. The summed E-state index contributed by atoms with van der Waals surface area (Å²) in [7, 11) is 0. The minimum Gasteiger partial charge on any atom is -0.341 e. The summed E-state index contributed by atoms with van der Waals surface area (Å²) in [6.07, 6.45) is 2.59. The van der Waals surface area contributed by atoms with Crippen LogP contribution in [0.5, 0.6) is 0 Å². The van der Waals surface area contributed by atoms with E-state index in [0.29, 0.717) is 13.1 Å². The third-order valence-electron chi connectivity index (χ3n) is 2.16. The van der Waals surface area contributed by atoms with Gasteiger partial charge in [-0.25, -0.2) is 4.98 Å². The summed E-state index contributed by atoms with van der Waals surface area (Å²) in [5.74, 6) is 0.00839. The van der Waals surface area contributed by atoms with E-state index in [-0.39, 0.29) is 18.3 Å². The Morgan fingerprint density at radius 1 is 1.69 bits per heavy atom. The number of thiazole rings is 1. The van der Waals surface area contributed by atoms with Crippen LogP contribution >= 0.6 is 23.7 Å². The lowest BCUT2D eigenvalue weighted by atomic mass is 10.3. The Labute approximate surface area is 106 Å². The lowest BCUT2D eigenvalue weighted by Crippen LogP contribution is -2.42. The molecule has 1 heterocycles. The Bertz CT molecular complexity index is 303. The van der Waals surface area contributed by atoms with Crippen molar-refractivity contribution in [1.29, 1.82) is 0 Å². The molecule has 16 heavy (non-hydrogen) atoms. The van der Waals surface area contributed by atoms with Gasteiger partial charge in [-0.3, -0.25) is 4.79 Å². The molecule has 92 valence electrons. The third kappa shape index (κ3) is 4.47. The molecule has 0 fully saturated rings. The van der Waals surface area contributed by atoms with Gasteiger partial charge in [0.05, 0.1) is 11.0 Å². The number of halogens is 1. The normalized spacial score (nSPS) is 11.7. The quantitative estimate of drug-likeness (QED) is 0.871. The fourth-order valence-electron chi connectivity index (χ4n) is 1.32. The van der Waals surface area contributed by atoms with E-state index in [2.05, 4.69) is 4.98 Å². The van der Waals surface area contributed by atoms with Gasteiger partial charge in [0.15, 0.2) is 0 Å². The largest absolute Gasteiger partial charge is 0.341 e. The highest BCUT2D eigenvalue weighted by atomic mass is 35.5. The fourth-order valence-corrected chi connectivity index (χ4v) is 1.93. The van der Waals surface area contributed by atoms with Gasteiger partial charge < -0.3 is 10.6 Å². The number of amides is 1. The highest BCUT2D eigenvalue weighted by molar-refractivity contribution is 7.09. The predicted molar refractivity (Wildman–Crippen MR) is 69.0 cm³/mol. The maximum absolute atomic E-state index is 11.6. The van der Waals surface area contributed by atoms with Crippen LogP contribution in [0.15, 0.2) is 11.6 Å². The average molecular weight is 264 g/mol. The number of aromatic nitrogens is 1. The SMILES string of the molecule is CCN(CCc1nccs1)C(=O)C(C)N.Cl. The molecule has 1 atom stereocenters. The first-order valence-corrected chi connectivity index (χ1v) is 5.95. The Hall–Kier alpha value is -0.650. The number of nitrogens with two attached hydrogens (primary N) is 1. The number of hydrogen-bond acceptors (Lipinski definition) is 4. The Morgan fingerprint density at radius 2 is 2.38 bits per heavy atom. The van der Waals surface area contributed by atoms with Crippen LogP contribution in [0.4, 0.5) is 0 Å². The van der Waals surface area contributed by atoms with Crippen molar-refractivity contribution in [3.63, 3.8) is 0 Å². The third-order valence-corrected chi connectivity index (χ3v) is 3.00. The lowest BCUT2D eigenvalue weighted by Gasteiger charge is -2.22. The van der Waals surface area contributed by atoms with Crippen molar-refractivity contribution in [2.45, 2.75) is 26.3 Å². The number of carbonyl (C=O) groups excluding carboxylic acids is 1. The highest BCUT2D eigenvalue weighted by Gasteiger charge is 2.15. The molecule has 4 nitrogen and oxygen atoms in total. The molecule has 6 heteroatoms. The van der Waals surface area contributed by atoms with Gasteiger partial charge in [-0.2, -0.15) is 0 Å². The molecule has 1 amide bonds. The van der Waals surface area contributed by atoms with Gasteiger partial charge in [-0.05, 0) is 13.8 Å². The first-order chi connectivity index (χ1) is 7.15. The molecule has 1 rings (SSSR count). The van der Waals surface area contributed by atoms with Crippen LogP contribution in [0.25, 0.3) is 0 Å². The molecule has 0 aliphatic rings. The van der Waals surface area contributed by atoms with Gasteiger partial charge in [-0.1, -0.05) is 0 Å². The summed E-state index contributed by atoms with van der Waals surface area (Å²) in [6.45, 7) is 5.08. The molecule has 1 aromatic rings. The van der Waals surface area contributed by atoms with Gasteiger partial charge in [0.25, 0.3) is 0 Å². The Morgan fingerprint density at radius 3 is 2.81 bits per heavy atom. The van der Waals surface area contributed by atoms with E-state index in [0.717, 1.165) is 11.4 Å². The molecule has 0 saturated carbocycles. The van der Waals surface area contributed by atoms with Gasteiger partial charge in [-0.15, -0.1) is 23.7 Å². The van der Waals surface area contributed by atoms with Gasteiger partial charge in [0, 0.05) is 31.1 Å². The van der Waals surface area contributed by atoms with E-state index in [1.54, 1.807) is 29.4 Å². The lowest BCUT2D eigenvalue weighted by molar-refractivity contribution is -0.131. The zero-order chi connectivity index (χ0) is 11.3. The summed E-state index contributed by atoms with van der Waals surface area (Å²) in [4.78, 5) is 17.6. The molecule has 0 spiro atoms. The van der Waals surface area contributed by atoms with Crippen molar-refractivity contribution in [2.75, 3.05) is 13.1 Å². The highest BCUT2D eigenvalue weighted by Crippen LogP contribution is 2.06. The smallest absolute Gasteiger partial charge is 0.239 e. The number of rotatable bonds is 5. The zero-order valence-electron chi connectivity index (χ0n) is 9.55. The topological polar surface area (TPSA) is 59.2 Å². The molecule has 0 aromatic carbocycles. The molecule has 1 aromatic heterocycles. The van der Waals surface area contributed by atoms with E-state index >= 15 is 0 Å². The van der Waals surface area contributed by atoms with Crippen LogP contribution in [-0.4, -0.2) is 34.9 Å². The van der Waals surface area contributed by atoms with Gasteiger partial charge >= 0.3 is 0 Å². The minimum atomic E-state index is -0.416. The first-order valence-electron chi connectivity index (χ1n) is 5.08. The maximum atomic E-state index is 11.6. The average Bonchev–Trinajstić information content (AvgIpc) is 2.71. The van der Waals surface area contributed by atoms with Crippen molar-refractivity contribution < 1.29 is 4.79 Å². The van der Waals surface area contributed by atoms with Crippen LogP contribution in [-0.2, 0) is 11.2 Å². The summed E-state index contributed by atoms with van der Waals surface area (Å²) >= 11 is 1.62. The molecule has 2 N–H and O–H groups in total. The second kappa shape index (κ2) is 7.60. The minimum absolute atomic E-state index is 0.